The average molecular weight is 468 g/mol. The molecule has 1 aliphatic rings. The zero-order valence-corrected chi connectivity index (χ0v) is 20.4. The Balaban J connectivity index is 1.29. The third-order valence-electron chi connectivity index (χ3n) is 6.55. The molecule has 0 spiro atoms. The minimum atomic E-state index is -3.54. The van der Waals surface area contributed by atoms with Gasteiger partial charge in [0.15, 0.2) is 0 Å². The highest BCUT2D eigenvalue weighted by Crippen LogP contribution is 2.27. The summed E-state index contributed by atoms with van der Waals surface area (Å²) in [6.07, 6.45) is 3.83. The van der Waals surface area contributed by atoms with Gasteiger partial charge in [0.25, 0.3) is 0 Å². The Kier molecular flexibility index (Phi) is 6.64. The topological polar surface area (TPSA) is 82.3 Å². The summed E-state index contributed by atoms with van der Waals surface area (Å²) in [5.41, 5.74) is 3.36. The molecule has 1 aliphatic heterocycles. The fourth-order valence-corrected chi connectivity index (χ4v) is 5.91. The van der Waals surface area contributed by atoms with Gasteiger partial charge in [-0.3, -0.25) is 4.79 Å². The van der Waals surface area contributed by atoms with Crippen molar-refractivity contribution in [2.75, 3.05) is 19.6 Å². The Morgan fingerprint density at radius 2 is 1.73 bits per heavy atom. The van der Waals surface area contributed by atoms with Crippen LogP contribution in [0.2, 0.25) is 0 Å². The highest BCUT2D eigenvalue weighted by molar-refractivity contribution is 7.89. The van der Waals surface area contributed by atoms with Crippen molar-refractivity contribution >= 4 is 26.8 Å². The maximum atomic E-state index is 13.1. The van der Waals surface area contributed by atoms with Gasteiger partial charge in [-0.25, -0.2) is 8.42 Å². The number of H-pyrrole nitrogens is 1. The maximum absolute atomic E-state index is 13.1. The van der Waals surface area contributed by atoms with Gasteiger partial charge in [0, 0.05) is 42.7 Å². The number of hydrogen-bond donors (Lipinski definition) is 2. The van der Waals surface area contributed by atoms with E-state index in [4.69, 9.17) is 0 Å². The molecule has 6 nitrogen and oxygen atoms in total. The number of aromatic amines is 1. The van der Waals surface area contributed by atoms with E-state index in [0.717, 1.165) is 17.5 Å². The lowest BCUT2D eigenvalue weighted by Gasteiger charge is -2.30. The zero-order valence-electron chi connectivity index (χ0n) is 19.6. The normalized spacial score (nSPS) is 16.2. The van der Waals surface area contributed by atoms with Crippen LogP contribution in [0.4, 0.5) is 0 Å². The zero-order chi connectivity index (χ0) is 23.6. The van der Waals surface area contributed by atoms with Crippen LogP contribution >= 0.6 is 0 Å². The van der Waals surface area contributed by atoms with Gasteiger partial charge in [-0.2, -0.15) is 4.31 Å². The molecule has 3 aromatic rings. The van der Waals surface area contributed by atoms with E-state index in [1.54, 1.807) is 12.1 Å². The van der Waals surface area contributed by atoms with Gasteiger partial charge in [0.1, 0.15) is 0 Å². The van der Waals surface area contributed by atoms with Crippen LogP contribution in [0.25, 0.3) is 10.9 Å². The van der Waals surface area contributed by atoms with Crippen LogP contribution in [0.1, 0.15) is 44.7 Å². The third-order valence-corrected chi connectivity index (χ3v) is 8.46. The second-order valence-electron chi connectivity index (χ2n) is 9.85. The van der Waals surface area contributed by atoms with Gasteiger partial charge in [0.05, 0.1) is 4.90 Å². The first-order valence-corrected chi connectivity index (χ1v) is 13.0. The van der Waals surface area contributed by atoms with Crippen molar-refractivity contribution in [3.63, 3.8) is 0 Å². The SMILES string of the molecule is CC(C)(C)c1ccc(S(=O)(=O)N2CCC(C(=O)NCCc3c[nH]c4ccccc34)CC2)cc1. The van der Waals surface area contributed by atoms with E-state index in [2.05, 4.69) is 37.1 Å². The third kappa shape index (κ3) is 5.14. The molecule has 7 heteroatoms. The molecule has 2 aromatic carbocycles. The number of piperidine rings is 1. The Morgan fingerprint density at radius 1 is 1.06 bits per heavy atom. The van der Waals surface area contributed by atoms with E-state index in [1.165, 1.54) is 15.3 Å². The van der Waals surface area contributed by atoms with Crippen LogP contribution < -0.4 is 5.32 Å². The highest BCUT2D eigenvalue weighted by Gasteiger charge is 2.32. The minimum absolute atomic E-state index is 0.0152. The van der Waals surface area contributed by atoms with Crippen LogP contribution in [0, 0.1) is 5.92 Å². The number of aromatic nitrogens is 1. The number of sulfonamides is 1. The molecule has 1 saturated heterocycles. The number of carbonyl (C=O) groups excluding carboxylic acids is 1. The van der Waals surface area contributed by atoms with Crippen molar-refractivity contribution in [3.8, 4) is 0 Å². The summed E-state index contributed by atoms with van der Waals surface area (Å²) in [4.78, 5) is 16.2. The van der Waals surface area contributed by atoms with Crippen LogP contribution in [0.3, 0.4) is 0 Å². The van der Waals surface area contributed by atoms with Gasteiger partial charge in [0.2, 0.25) is 15.9 Å². The number of carbonyl (C=O) groups is 1. The Morgan fingerprint density at radius 3 is 2.39 bits per heavy atom. The first kappa shape index (κ1) is 23.5. The second-order valence-corrected chi connectivity index (χ2v) is 11.8. The minimum Gasteiger partial charge on any atom is -0.361 e. The van der Waals surface area contributed by atoms with Crippen molar-refractivity contribution < 1.29 is 13.2 Å². The first-order valence-electron chi connectivity index (χ1n) is 11.6. The summed E-state index contributed by atoms with van der Waals surface area (Å²) >= 11 is 0. The molecule has 176 valence electrons. The number of benzene rings is 2. The quantitative estimate of drug-likeness (QED) is 0.569. The van der Waals surface area contributed by atoms with Gasteiger partial charge in [-0.05, 0) is 54.0 Å². The molecule has 2 N–H and O–H groups in total. The molecule has 0 saturated carbocycles. The predicted octanol–water partition coefficient (Wildman–Crippen LogP) is 4.23. The van der Waals surface area contributed by atoms with Crippen LogP contribution in [0.15, 0.2) is 59.6 Å². The Bertz CT molecular complexity index is 1220. The van der Waals surface area contributed by atoms with Gasteiger partial charge < -0.3 is 10.3 Å². The fourth-order valence-electron chi connectivity index (χ4n) is 4.44. The molecule has 0 bridgehead atoms. The average Bonchev–Trinajstić information content (AvgIpc) is 3.22. The van der Waals surface area contributed by atoms with Crippen LogP contribution in [0.5, 0.6) is 0 Å². The summed E-state index contributed by atoms with van der Waals surface area (Å²) in [5, 5.41) is 4.22. The van der Waals surface area contributed by atoms with E-state index in [9.17, 15) is 13.2 Å². The predicted molar refractivity (Wildman–Crippen MR) is 132 cm³/mol. The Hall–Kier alpha value is -2.64. The van der Waals surface area contributed by atoms with Crippen molar-refractivity contribution in [2.45, 2.75) is 50.3 Å². The summed E-state index contributed by atoms with van der Waals surface area (Å²) in [6, 6.07) is 15.3. The van der Waals surface area contributed by atoms with Crippen LogP contribution in [-0.4, -0.2) is 43.2 Å². The number of nitrogens with zero attached hydrogens (tertiary/aromatic N) is 1. The molecule has 1 amide bonds. The summed E-state index contributed by atoms with van der Waals surface area (Å²) in [6.45, 7) is 7.61. The molecule has 1 aromatic heterocycles. The number of fused-ring (bicyclic) bond motifs is 1. The van der Waals surface area contributed by atoms with E-state index < -0.39 is 10.0 Å². The van der Waals surface area contributed by atoms with Crippen molar-refractivity contribution in [1.29, 1.82) is 0 Å². The van der Waals surface area contributed by atoms with Gasteiger partial charge in [-0.1, -0.05) is 51.1 Å². The summed E-state index contributed by atoms with van der Waals surface area (Å²) < 4.78 is 27.6. The molecule has 33 heavy (non-hydrogen) atoms. The van der Waals surface area contributed by atoms with Gasteiger partial charge >= 0.3 is 0 Å². The number of nitrogens with one attached hydrogen (secondary N) is 2. The van der Waals surface area contributed by atoms with Gasteiger partial charge in [-0.15, -0.1) is 0 Å². The lowest BCUT2D eigenvalue weighted by molar-refractivity contribution is -0.126. The maximum Gasteiger partial charge on any atom is 0.243 e. The lowest BCUT2D eigenvalue weighted by Crippen LogP contribution is -2.43. The standard InChI is InChI=1S/C26H33N3O3S/c1-26(2,3)21-8-10-22(11-9-21)33(31,32)29-16-13-19(14-17-29)25(30)27-15-12-20-18-28-24-7-5-4-6-23(20)24/h4-11,18-19,28H,12-17H2,1-3H3,(H,27,30). The van der Waals surface area contributed by atoms with Crippen molar-refractivity contribution in [3.05, 3.63) is 65.9 Å². The molecule has 0 unspecified atom stereocenters. The summed E-state index contributed by atoms with van der Waals surface area (Å²) in [7, 11) is -3.54. The molecule has 0 atom stereocenters. The largest absolute Gasteiger partial charge is 0.361 e. The number of amides is 1. The molecule has 0 radical (unpaired) electrons. The molecular weight excluding hydrogens is 434 g/mol. The molecule has 1 fully saturated rings. The number of hydrogen-bond acceptors (Lipinski definition) is 3. The summed E-state index contributed by atoms with van der Waals surface area (Å²) in [5.74, 6) is -0.135. The molecular formula is C26H33N3O3S. The van der Waals surface area contributed by atoms with Crippen molar-refractivity contribution in [1.82, 2.24) is 14.6 Å². The molecule has 4 rings (SSSR count). The van der Waals surface area contributed by atoms with E-state index in [-0.39, 0.29) is 17.2 Å². The lowest BCUT2D eigenvalue weighted by atomic mass is 9.87. The van der Waals surface area contributed by atoms with E-state index in [0.29, 0.717) is 37.4 Å². The molecule has 0 aliphatic carbocycles. The monoisotopic (exact) mass is 467 g/mol. The van der Waals surface area contributed by atoms with E-state index >= 15 is 0 Å². The van der Waals surface area contributed by atoms with Crippen molar-refractivity contribution in [2.24, 2.45) is 5.92 Å². The molecule has 2 heterocycles. The second kappa shape index (κ2) is 9.31. The fraction of sp³-hybridized carbons (Fsp3) is 0.423. The van der Waals surface area contributed by atoms with E-state index in [1.807, 2.05) is 36.5 Å². The number of rotatable bonds is 6. The number of para-hydroxylation sites is 1. The first-order chi connectivity index (χ1) is 15.7. The Labute approximate surface area is 196 Å². The highest BCUT2D eigenvalue weighted by atomic mass is 32.2. The van der Waals surface area contributed by atoms with Crippen LogP contribution in [-0.2, 0) is 26.7 Å². The smallest absolute Gasteiger partial charge is 0.243 e.